The van der Waals surface area contributed by atoms with E-state index < -0.39 is 5.54 Å². The monoisotopic (exact) mass is 271 g/mol. The van der Waals surface area contributed by atoms with Gasteiger partial charge in [0.15, 0.2) is 0 Å². The van der Waals surface area contributed by atoms with Crippen LogP contribution >= 0.6 is 0 Å². The molecule has 0 aromatic carbocycles. The molecule has 19 heavy (non-hydrogen) atoms. The summed E-state index contributed by atoms with van der Waals surface area (Å²) in [6, 6.07) is 0. The van der Waals surface area contributed by atoms with E-state index >= 15 is 0 Å². The predicted octanol–water partition coefficient (Wildman–Crippen LogP) is 2.51. The van der Waals surface area contributed by atoms with Gasteiger partial charge in [-0.2, -0.15) is 0 Å². The third kappa shape index (κ3) is 5.11. The molecular formula is C15H29NO3. The van der Waals surface area contributed by atoms with Crippen LogP contribution in [0.1, 0.15) is 53.4 Å². The second-order valence-corrected chi connectivity index (χ2v) is 5.78. The van der Waals surface area contributed by atoms with E-state index in [0.717, 1.165) is 25.3 Å². The van der Waals surface area contributed by atoms with Crippen molar-refractivity contribution < 1.29 is 14.3 Å². The highest BCUT2D eigenvalue weighted by atomic mass is 16.5. The van der Waals surface area contributed by atoms with E-state index in [1.165, 1.54) is 12.8 Å². The topological polar surface area (TPSA) is 47.6 Å². The Hall–Kier alpha value is -0.610. The van der Waals surface area contributed by atoms with Crippen molar-refractivity contribution in [3.63, 3.8) is 0 Å². The normalized spacial score (nSPS) is 26.7. The highest BCUT2D eigenvalue weighted by molar-refractivity contribution is 5.80. The van der Waals surface area contributed by atoms with Crippen molar-refractivity contribution in [3.8, 4) is 0 Å². The number of likely N-dealkylation sites (N-methyl/N-ethyl adjacent to an activating group) is 1. The Morgan fingerprint density at radius 1 is 1.26 bits per heavy atom. The Kier molecular flexibility index (Phi) is 6.80. The second kappa shape index (κ2) is 7.85. The predicted molar refractivity (Wildman–Crippen MR) is 76.1 cm³/mol. The van der Waals surface area contributed by atoms with E-state index in [0.29, 0.717) is 19.3 Å². The fraction of sp³-hybridized carbons (Fsp3) is 0.933. The Labute approximate surface area is 117 Å². The van der Waals surface area contributed by atoms with Crippen LogP contribution in [0.5, 0.6) is 0 Å². The molecule has 0 amide bonds. The molecule has 0 aromatic heterocycles. The summed E-state index contributed by atoms with van der Waals surface area (Å²) < 4.78 is 11.1. The lowest BCUT2D eigenvalue weighted by atomic mass is 9.89. The molecule has 4 heteroatoms. The molecule has 1 aliphatic rings. The molecule has 1 aliphatic carbocycles. The zero-order valence-electron chi connectivity index (χ0n) is 12.8. The maximum Gasteiger partial charge on any atom is 0.328 e. The van der Waals surface area contributed by atoms with Crippen LogP contribution in [0.25, 0.3) is 0 Å². The maximum atomic E-state index is 12.0. The van der Waals surface area contributed by atoms with Crippen LogP contribution in [0, 0.1) is 5.92 Å². The molecule has 0 radical (unpaired) electrons. The summed E-state index contributed by atoms with van der Waals surface area (Å²) >= 11 is 0. The number of hydrogen-bond donors (Lipinski definition) is 1. The minimum atomic E-state index is -0.728. The van der Waals surface area contributed by atoms with E-state index in [-0.39, 0.29) is 5.97 Å². The molecular weight excluding hydrogens is 242 g/mol. The summed E-state index contributed by atoms with van der Waals surface area (Å²) in [4.78, 5) is 12.0. The second-order valence-electron chi connectivity index (χ2n) is 5.78. The average Bonchev–Trinajstić information content (AvgIpc) is 2.39. The van der Waals surface area contributed by atoms with Crippen LogP contribution in [0.3, 0.4) is 0 Å². The molecule has 1 saturated carbocycles. The van der Waals surface area contributed by atoms with Gasteiger partial charge in [0, 0.05) is 0 Å². The Morgan fingerprint density at radius 2 is 1.89 bits per heavy atom. The molecule has 1 rings (SSSR count). The van der Waals surface area contributed by atoms with Gasteiger partial charge in [-0.15, -0.1) is 0 Å². The summed E-state index contributed by atoms with van der Waals surface area (Å²) in [6.45, 7) is 9.48. The van der Waals surface area contributed by atoms with Gasteiger partial charge in [0.25, 0.3) is 0 Å². The van der Waals surface area contributed by atoms with Crippen molar-refractivity contribution in [1.29, 1.82) is 0 Å². The first-order valence-electron chi connectivity index (χ1n) is 7.55. The molecule has 1 unspecified atom stereocenters. The number of nitrogens with one attached hydrogen (secondary N) is 1. The number of carbonyl (C=O) groups excluding carboxylic acids is 1. The van der Waals surface area contributed by atoms with Crippen LogP contribution in [0.15, 0.2) is 0 Å². The first kappa shape index (κ1) is 16.4. The van der Waals surface area contributed by atoms with Crippen LogP contribution in [-0.4, -0.2) is 37.4 Å². The molecule has 4 nitrogen and oxygen atoms in total. The molecule has 1 atom stereocenters. The first-order valence-corrected chi connectivity index (χ1v) is 7.55. The largest absolute Gasteiger partial charge is 0.465 e. The van der Waals surface area contributed by atoms with Gasteiger partial charge in [-0.05, 0) is 52.0 Å². The summed E-state index contributed by atoms with van der Waals surface area (Å²) in [5, 5.41) is 3.19. The lowest BCUT2D eigenvalue weighted by molar-refractivity contribution is -0.154. The van der Waals surface area contributed by atoms with E-state index in [9.17, 15) is 4.79 Å². The Morgan fingerprint density at radius 3 is 2.42 bits per heavy atom. The van der Waals surface area contributed by atoms with E-state index in [4.69, 9.17) is 9.47 Å². The molecule has 0 spiro atoms. The zero-order valence-corrected chi connectivity index (χ0v) is 12.8. The number of carbonyl (C=O) groups is 1. The van der Waals surface area contributed by atoms with Crippen molar-refractivity contribution in [1.82, 2.24) is 5.32 Å². The molecule has 1 N–H and O–H groups in total. The van der Waals surface area contributed by atoms with Crippen LogP contribution in [0.2, 0.25) is 0 Å². The molecule has 0 aromatic rings. The standard InChI is InChI=1S/C15H29NO3/c1-5-16-15(4,14(17)18-6-2)11-19-13-9-7-12(3)8-10-13/h12-13,16H,5-11H2,1-4H3. The van der Waals surface area contributed by atoms with Gasteiger partial charge in [-0.3, -0.25) is 0 Å². The van der Waals surface area contributed by atoms with Gasteiger partial charge < -0.3 is 14.8 Å². The molecule has 0 heterocycles. The van der Waals surface area contributed by atoms with E-state index in [2.05, 4.69) is 12.2 Å². The zero-order chi connectivity index (χ0) is 14.3. The minimum Gasteiger partial charge on any atom is -0.465 e. The van der Waals surface area contributed by atoms with Crippen LogP contribution < -0.4 is 5.32 Å². The Balaban J connectivity index is 2.46. The van der Waals surface area contributed by atoms with Crippen LogP contribution in [-0.2, 0) is 14.3 Å². The number of hydrogen-bond acceptors (Lipinski definition) is 4. The fourth-order valence-electron chi connectivity index (χ4n) is 2.54. The maximum absolute atomic E-state index is 12.0. The highest BCUT2D eigenvalue weighted by Gasteiger charge is 2.35. The fourth-order valence-corrected chi connectivity index (χ4v) is 2.54. The van der Waals surface area contributed by atoms with E-state index in [1.807, 2.05) is 20.8 Å². The van der Waals surface area contributed by atoms with E-state index in [1.54, 1.807) is 0 Å². The SMILES string of the molecule is CCNC(C)(COC1CCC(C)CC1)C(=O)OCC. The molecule has 1 fully saturated rings. The number of esters is 1. The lowest BCUT2D eigenvalue weighted by Gasteiger charge is -2.32. The highest BCUT2D eigenvalue weighted by Crippen LogP contribution is 2.26. The van der Waals surface area contributed by atoms with Crippen molar-refractivity contribution >= 4 is 5.97 Å². The summed E-state index contributed by atoms with van der Waals surface area (Å²) in [5.74, 6) is 0.589. The number of ether oxygens (including phenoxy) is 2. The smallest absolute Gasteiger partial charge is 0.328 e. The first-order chi connectivity index (χ1) is 9.01. The van der Waals surface area contributed by atoms with Gasteiger partial charge in [0.1, 0.15) is 5.54 Å². The van der Waals surface area contributed by atoms with Crippen molar-refractivity contribution in [2.24, 2.45) is 5.92 Å². The summed E-state index contributed by atoms with van der Waals surface area (Å²) in [5.41, 5.74) is -0.728. The third-order valence-electron chi connectivity index (χ3n) is 3.86. The van der Waals surface area contributed by atoms with Gasteiger partial charge in [0.05, 0.1) is 19.3 Å². The lowest BCUT2D eigenvalue weighted by Crippen LogP contribution is -2.54. The van der Waals surface area contributed by atoms with Gasteiger partial charge in [0.2, 0.25) is 0 Å². The Bertz CT molecular complexity index is 275. The van der Waals surface area contributed by atoms with Crippen LogP contribution in [0.4, 0.5) is 0 Å². The molecule has 112 valence electrons. The average molecular weight is 271 g/mol. The molecule has 0 aliphatic heterocycles. The third-order valence-corrected chi connectivity index (χ3v) is 3.86. The quantitative estimate of drug-likeness (QED) is 0.723. The summed E-state index contributed by atoms with van der Waals surface area (Å²) in [6.07, 6.45) is 4.95. The van der Waals surface area contributed by atoms with Gasteiger partial charge in [-0.25, -0.2) is 4.79 Å². The van der Waals surface area contributed by atoms with Gasteiger partial charge >= 0.3 is 5.97 Å². The summed E-state index contributed by atoms with van der Waals surface area (Å²) in [7, 11) is 0. The number of rotatable bonds is 7. The molecule has 0 bridgehead atoms. The van der Waals surface area contributed by atoms with Gasteiger partial charge in [-0.1, -0.05) is 13.8 Å². The van der Waals surface area contributed by atoms with Crippen molar-refractivity contribution in [2.75, 3.05) is 19.8 Å². The van der Waals surface area contributed by atoms with Crippen molar-refractivity contribution in [3.05, 3.63) is 0 Å². The minimum absolute atomic E-state index is 0.221. The molecule has 0 saturated heterocycles. The van der Waals surface area contributed by atoms with Crippen molar-refractivity contribution in [2.45, 2.75) is 65.0 Å².